The van der Waals surface area contributed by atoms with E-state index >= 15 is 0 Å². The summed E-state index contributed by atoms with van der Waals surface area (Å²) in [6.45, 7) is 4.66. The van der Waals surface area contributed by atoms with Gasteiger partial charge in [0.25, 0.3) is 0 Å². The third-order valence-corrected chi connectivity index (χ3v) is 3.38. The zero-order valence-corrected chi connectivity index (χ0v) is 11.0. The Balaban J connectivity index is 2.70. The van der Waals surface area contributed by atoms with E-state index in [2.05, 4.69) is 35.8 Å². The van der Waals surface area contributed by atoms with Gasteiger partial charge in [-0.3, -0.25) is 0 Å². The van der Waals surface area contributed by atoms with Crippen molar-refractivity contribution in [1.82, 2.24) is 0 Å². The lowest BCUT2D eigenvalue weighted by atomic mass is 9.92. The van der Waals surface area contributed by atoms with Gasteiger partial charge in [0.2, 0.25) is 0 Å². The standard InChI is InChI=1S/C13H19BrO/c1-10(2)7-8-11(9-15)12-5-3-4-6-13(12)14/h3-6,10-11,15H,7-9H2,1-2H3. The molecule has 0 saturated heterocycles. The molecule has 0 aliphatic heterocycles. The summed E-state index contributed by atoms with van der Waals surface area (Å²) in [5.74, 6) is 0.963. The smallest absolute Gasteiger partial charge is 0.0500 e. The summed E-state index contributed by atoms with van der Waals surface area (Å²) in [6.07, 6.45) is 2.21. The van der Waals surface area contributed by atoms with Crippen molar-refractivity contribution in [3.63, 3.8) is 0 Å². The molecule has 0 amide bonds. The van der Waals surface area contributed by atoms with Crippen molar-refractivity contribution in [3.05, 3.63) is 34.3 Å². The van der Waals surface area contributed by atoms with Crippen LogP contribution in [0.4, 0.5) is 0 Å². The van der Waals surface area contributed by atoms with Crippen LogP contribution in [0.5, 0.6) is 0 Å². The molecule has 15 heavy (non-hydrogen) atoms. The van der Waals surface area contributed by atoms with E-state index in [0.29, 0.717) is 5.92 Å². The maximum absolute atomic E-state index is 9.40. The minimum Gasteiger partial charge on any atom is -0.396 e. The number of rotatable bonds is 5. The van der Waals surface area contributed by atoms with Crippen molar-refractivity contribution in [2.45, 2.75) is 32.6 Å². The Morgan fingerprint density at radius 2 is 1.87 bits per heavy atom. The summed E-state index contributed by atoms with van der Waals surface area (Å²) in [6, 6.07) is 8.15. The monoisotopic (exact) mass is 270 g/mol. The Hall–Kier alpha value is -0.340. The van der Waals surface area contributed by atoms with Gasteiger partial charge in [0.1, 0.15) is 0 Å². The van der Waals surface area contributed by atoms with Gasteiger partial charge in [-0.1, -0.05) is 54.4 Å². The Morgan fingerprint density at radius 3 is 2.40 bits per heavy atom. The highest BCUT2D eigenvalue weighted by atomic mass is 79.9. The summed E-state index contributed by atoms with van der Waals surface area (Å²) in [5.41, 5.74) is 1.22. The van der Waals surface area contributed by atoms with Gasteiger partial charge >= 0.3 is 0 Å². The van der Waals surface area contributed by atoms with E-state index in [1.54, 1.807) is 0 Å². The first-order valence-electron chi connectivity index (χ1n) is 5.50. The predicted octanol–water partition coefficient (Wildman–Crippen LogP) is 3.96. The van der Waals surface area contributed by atoms with Crippen LogP contribution in [-0.4, -0.2) is 11.7 Å². The number of benzene rings is 1. The molecule has 1 aromatic rings. The van der Waals surface area contributed by atoms with E-state index in [4.69, 9.17) is 0 Å². The number of hydrogen-bond donors (Lipinski definition) is 1. The van der Waals surface area contributed by atoms with Crippen LogP contribution >= 0.6 is 15.9 Å². The molecule has 1 aromatic carbocycles. The van der Waals surface area contributed by atoms with Crippen LogP contribution in [0, 0.1) is 5.92 Å². The van der Waals surface area contributed by atoms with E-state index < -0.39 is 0 Å². The highest BCUT2D eigenvalue weighted by Crippen LogP contribution is 2.28. The van der Waals surface area contributed by atoms with E-state index in [1.807, 2.05) is 18.2 Å². The Morgan fingerprint density at radius 1 is 1.20 bits per heavy atom. The van der Waals surface area contributed by atoms with E-state index in [9.17, 15) is 5.11 Å². The summed E-state index contributed by atoms with van der Waals surface area (Å²) in [5, 5.41) is 9.40. The van der Waals surface area contributed by atoms with Gasteiger partial charge in [0.05, 0.1) is 0 Å². The second-order valence-corrected chi connectivity index (χ2v) is 5.23. The summed E-state index contributed by atoms with van der Waals surface area (Å²) >= 11 is 3.53. The maximum Gasteiger partial charge on any atom is 0.0500 e. The maximum atomic E-state index is 9.40. The van der Waals surface area contributed by atoms with Gasteiger partial charge in [-0.2, -0.15) is 0 Å². The molecule has 0 fully saturated rings. The molecule has 1 N–H and O–H groups in total. The lowest BCUT2D eigenvalue weighted by Gasteiger charge is -2.17. The van der Waals surface area contributed by atoms with Gasteiger partial charge in [0, 0.05) is 17.0 Å². The molecule has 0 spiro atoms. The average Bonchev–Trinajstić information content (AvgIpc) is 2.21. The lowest BCUT2D eigenvalue weighted by Crippen LogP contribution is -2.06. The molecule has 2 heteroatoms. The summed E-state index contributed by atoms with van der Waals surface area (Å²) in [7, 11) is 0. The number of aliphatic hydroxyl groups is 1. The van der Waals surface area contributed by atoms with Crippen molar-refractivity contribution in [1.29, 1.82) is 0 Å². The van der Waals surface area contributed by atoms with E-state index in [-0.39, 0.29) is 12.5 Å². The second-order valence-electron chi connectivity index (χ2n) is 4.37. The first kappa shape index (κ1) is 12.7. The van der Waals surface area contributed by atoms with Crippen molar-refractivity contribution in [3.8, 4) is 0 Å². The molecule has 0 radical (unpaired) electrons. The summed E-state index contributed by atoms with van der Waals surface area (Å²) in [4.78, 5) is 0. The normalized spacial score (nSPS) is 13.1. The fourth-order valence-electron chi connectivity index (χ4n) is 1.69. The van der Waals surface area contributed by atoms with Crippen molar-refractivity contribution >= 4 is 15.9 Å². The van der Waals surface area contributed by atoms with Crippen molar-refractivity contribution in [2.75, 3.05) is 6.61 Å². The Kier molecular flexibility index (Phi) is 5.34. The lowest BCUT2D eigenvalue weighted by molar-refractivity contribution is 0.253. The molecule has 0 aliphatic carbocycles. The average molecular weight is 271 g/mol. The third-order valence-electron chi connectivity index (χ3n) is 2.66. The van der Waals surface area contributed by atoms with Gasteiger partial charge < -0.3 is 5.11 Å². The molecule has 84 valence electrons. The zero-order valence-electron chi connectivity index (χ0n) is 9.41. The van der Waals surface area contributed by atoms with Gasteiger partial charge in [0.15, 0.2) is 0 Å². The first-order chi connectivity index (χ1) is 7.15. The first-order valence-corrected chi connectivity index (χ1v) is 6.29. The van der Waals surface area contributed by atoms with Crippen LogP contribution < -0.4 is 0 Å². The molecule has 1 atom stereocenters. The molecule has 1 nitrogen and oxygen atoms in total. The largest absolute Gasteiger partial charge is 0.396 e. The van der Waals surface area contributed by atoms with E-state index in [1.165, 1.54) is 5.56 Å². The topological polar surface area (TPSA) is 20.2 Å². The molecule has 1 unspecified atom stereocenters. The molecular weight excluding hydrogens is 252 g/mol. The zero-order chi connectivity index (χ0) is 11.3. The molecule has 0 saturated carbocycles. The van der Waals surface area contributed by atoms with Crippen molar-refractivity contribution in [2.24, 2.45) is 5.92 Å². The minimum atomic E-state index is 0.231. The van der Waals surface area contributed by atoms with Gasteiger partial charge in [-0.05, 0) is 24.0 Å². The van der Waals surface area contributed by atoms with Crippen LogP contribution in [-0.2, 0) is 0 Å². The molecule has 1 rings (SSSR count). The van der Waals surface area contributed by atoms with Crippen molar-refractivity contribution < 1.29 is 5.11 Å². The number of halogens is 1. The molecule has 0 heterocycles. The highest BCUT2D eigenvalue weighted by molar-refractivity contribution is 9.10. The number of hydrogen-bond acceptors (Lipinski definition) is 1. The van der Waals surface area contributed by atoms with E-state index in [0.717, 1.165) is 17.3 Å². The predicted molar refractivity (Wildman–Crippen MR) is 68.0 cm³/mol. The fraction of sp³-hybridized carbons (Fsp3) is 0.538. The third kappa shape index (κ3) is 3.96. The SMILES string of the molecule is CC(C)CCC(CO)c1ccccc1Br. The second kappa shape index (κ2) is 6.29. The summed E-state index contributed by atoms with van der Waals surface area (Å²) < 4.78 is 1.10. The minimum absolute atomic E-state index is 0.231. The van der Waals surface area contributed by atoms with Crippen LogP contribution in [0.2, 0.25) is 0 Å². The fourth-order valence-corrected chi connectivity index (χ4v) is 2.29. The van der Waals surface area contributed by atoms with Crippen LogP contribution in [0.15, 0.2) is 28.7 Å². The quantitative estimate of drug-likeness (QED) is 0.859. The number of aliphatic hydroxyl groups excluding tert-OH is 1. The van der Waals surface area contributed by atoms with Gasteiger partial charge in [-0.15, -0.1) is 0 Å². The van der Waals surface area contributed by atoms with Crippen LogP contribution in [0.25, 0.3) is 0 Å². The Labute approximate surface area is 101 Å². The van der Waals surface area contributed by atoms with Crippen LogP contribution in [0.3, 0.4) is 0 Å². The highest BCUT2D eigenvalue weighted by Gasteiger charge is 2.13. The van der Waals surface area contributed by atoms with Crippen LogP contribution in [0.1, 0.15) is 38.2 Å². The molecule has 0 aliphatic rings. The molecule has 0 aromatic heterocycles. The molecular formula is C13H19BrO. The Bertz CT molecular complexity index is 296. The molecule has 0 bridgehead atoms. The van der Waals surface area contributed by atoms with Gasteiger partial charge in [-0.25, -0.2) is 0 Å².